The normalized spacial score (nSPS) is 10.4. The van der Waals surface area contributed by atoms with Crippen molar-refractivity contribution in [2.24, 2.45) is 0 Å². The van der Waals surface area contributed by atoms with E-state index in [1.54, 1.807) is 25.6 Å². The molecule has 0 spiro atoms. The predicted octanol–water partition coefficient (Wildman–Crippen LogP) is 5.71. The molecule has 0 amide bonds. The van der Waals surface area contributed by atoms with Gasteiger partial charge in [0.15, 0.2) is 0 Å². The summed E-state index contributed by atoms with van der Waals surface area (Å²) in [5, 5.41) is 11.5. The van der Waals surface area contributed by atoms with Gasteiger partial charge in [-0.15, -0.1) is 0 Å². The van der Waals surface area contributed by atoms with Gasteiger partial charge in [-0.3, -0.25) is 9.97 Å². The van der Waals surface area contributed by atoms with E-state index in [2.05, 4.69) is 41.8 Å². The number of pyridine rings is 2. The van der Waals surface area contributed by atoms with Crippen molar-refractivity contribution >= 4 is 53.7 Å². The molecule has 2 aromatic heterocycles. The van der Waals surface area contributed by atoms with Crippen LogP contribution in [0.1, 0.15) is 0 Å². The van der Waals surface area contributed by atoms with Crippen LogP contribution in [0.4, 0.5) is 0 Å². The van der Waals surface area contributed by atoms with Crippen molar-refractivity contribution in [2.45, 2.75) is 0 Å². The van der Waals surface area contributed by atoms with Crippen molar-refractivity contribution in [2.75, 3.05) is 7.11 Å². The molecular formula is C19H14Br2N2O2. The van der Waals surface area contributed by atoms with Crippen LogP contribution in [0.15, 0.2) is 69.9 Å². The minimum absolute atomic E-state index is 0.223. The largest absolute Gasteiger partial charge is 0.507 e. The second-order valence-electron chi connectivity index (χ2n) is 5.13. The average molecular weight is 462 g/mol. The SMILES string of the molecule is COc1ccc2cccnc2c1Br.Oc1ccc2cccnc2c1Br. The average Bonchev–Trinajstić information content (AvgIpc) is 2.66. The summed E-state index contributed by atoms with van der Waals surface area (Å²) < 4.78 is 6.73. The number of ether oxygens (including phenoxy) is 1. The lowest BCUT2D eigenvalue weighted by atomic mass is 10.2. The first-order chi connectivity index (χ1) is 12.1. The highest BCUT2D eigenvalue weighted by Crippen LogP contribution is 2.31. The molecule has 1 N–H and O–H groups in total. The molecule has 0 unspecified atom stereocenters. The van der Waals surface area contributed by atoms with E-state index in [9.17, 15) is 5.11 Å². The van der Waals surface area contributed by atoms with Gasteiger partial charge in [0.05, 0.1) is 27.1 Å². The Hall–Kier alpha value is -2.18. The minimum Gasteiger partial charge on any atom is -0.507 e. The Morgan fingerprint density at radius 2 is 1.36 bits per heavy atom. The zero-order valence-electron chi connectivity index (χ0n) is 13.3. The van der Waals surface area contributed by atoms with Crippen LogP contribution in [-0.4, -0.2) is 22.2 Å². The molecule has 0 aliphatic heterocycles. The molecule has 2 heterocycles. The van der Waals surface area contributed by atoms with E-state index in [0.717, 1.165) is 32.0 Å². The first-order valence-corrected chi connectivity index (χ1v) is 9.00. The third-order valence-corrected chi connectivity index (χ3v) is 5.14. The summed E-state index contributed by atoms with van der Waals surface area (Å²) in [5.41, 5.74) is 1.72. The molecule has 4 aromatic rings. The molecule has 0 fully saturated rings. The summed E-state index contributed by atoms with van der Waals surface area (Å²) in [6.07, 6.45) is 3.47. The quantitative estimate of drug-likeness (QED) is 0.394. The van der Waals surface area contributed by atoms with Crippen molar-refractivity contribution in [3.63, 3.8) is 0 Å². The topological polar surface area (TPSA) is 55.2 Å². The van der Waals surface area contributed by atoms with Crippen molar-refractivity contribution in [1.82, 2.24) is 9.97 Å². The summed E-state index contributed by atoms with van der Waals surface area (Å²) in [6.45, 7) is 0. The van der Waals surface area contributed by atoms with Gasteiger partial charge in [0.25, 0.3) is 0 Å². The molecule has 126 valence electrons. The van der Waals surface area contributed by atoms with E-state index in [4.69, 9.17) is 4.74 Å². The third kappa shape index (κ3) is 3.75. The first-order valence-electron chi connectivity index (χ1n) is 7.41. The van der Waals surface area contributed by atoms with Crippen molar-refractivity contribution in [3.05, 3.63) is 69.9 Å². The molecule has 0 aliphatic rings. The van der Waals surface area contributed by atoms with E-state index in [-0.39, 0.29) is 5.75 Å². The van der Waals surface area contributed by atoms with Gasteiger partial charge in [-0.25, -0.2) is 0 Å². The van der Waals surface area contributed by atoms with Crippen molar-refractivity contribution < 1.29 is 9.84 Å². The van der Waals surface area contributed by atoms with E-state index in [1.807, 2.05) is 42.5 Å². The van der Waals surface area contributed by atoms with Gasteiger partial charge >= 0.3 is 0 Å². The van der Waals surface area contributed by atoms with Gasteiger partial charge in [0.1, 0.15) is 11.5 Å². The molecule has 4 rings (SSSR count). The monoisotopic (exact) mass is 460 g/mol. The fourth-order valence-electron chi connectivity index (χ4n) is 2.35. The molecular weight excluding hydrogens is 448 g/mol. The summed E-state index contributed by atoms with van der Waals surface area (Å²) in [6, 6.07) is 15.2. The number of phenols is 1. The molecule has 2 aromatic carbocycles. The van der Waals surface area contributed by atoms with Crippen molar-refractivity contribution in [3.8, 4) is 11.5 Å². The van der Waals surface area contributed by atoms with Gasteiger partial charge in [-0.1, -0.05) is 12.1 Å². The number of aromatic nitrogens is 2. The van der Waals surface area contributed by atoms with E-state index in [0.29, 0.717) is 4.47 Å². The van der Waals surface area contributed by atoms with Crippen LogP contribution in [0.3, 0.4) is 0 Å². The number of nitrogens with zero attached hydrogens (tertiary/aromatic N) is 2. The number of phenolic OH excluding ortho intramolecular Hbond substituents is 1. The van der Waals surface area contributed by atoms with Crippen LogP contribution in [0.2, 0.25) is 0 Å². The second-order valence-corrected chi connectivity index (χ2v) is 6.72. The molecule has 6 heteroatoms. The molecule has 4 nitrogen and oxygen atoms in total. The Balaban J connectivity index is 0.000000146. The van der Waals surface area contributed by atoms with E-state index < -0.39 is 0 Å². The van der Waals surface area contributed by atoms with Crippen LogP contribution in [0.5, 0.6) is 11.5 Å². The second kappa shape index (κ2) is 7.80. The molecule has 0 aliphatic carbocycles. The maximum atomic E-state index is 9.33. The minimum atomic E-state index is 0.223. The number of hydrogen-bond donors (Lipinski definition) is 1. The summed E-state index contributed by atoms with van der Waals surface area (Å²) in [5.74, 6) is 1.03. The van der Waals surface area contributed by atoms with E-state index in [1.165, 1.54) is 0 Å². The number of hydrogen-bond acceptors (Lipinski definition) is 4. The zero-order chi connectivity index (χ0) is 17.8. The number of fused-ring (bicyclic) bond motifs is 2. The lowest BCUT2D eigenvalue weighted by molar-refractivity contribution is 0.413. The standard InChI is InChI=1S/C10H8BrNO.C9H6BrNO/c1-13-8-5-4-7-3-2-6-12-10(7)9(8)11;10-8-7(12)4-3-6-2-1-5-11-9(6)8/h2-6H,1H3;1-5,12H. The summed E-state index contributed by atoms with van der Waals surface area (Å²) >= 11 is 6.72. The van der Waals surface area contributed by atoms with Crippen LogP contribution in [0.25, 0.3) is 21.8 Å². The summed E-state index contributed by atoms with van der Waals surface area (Å²) in [4.78, 5) is 8.40. The maximum Gasteiger partial charge on any atom is 0.135 e. The van der Waals surface area contributed by atoms with Crippen LogP contribution in [0, 0.1) is 0 Å². The van der Waals surface area contributed by atoms with Crippen LogP contribution in [-0.2, 0) is 0 Å². The zero-order valence-corrected chi connectivity index (χ0v) is 16.5. The molecule has 25 heavy (non-hydrogen) atoms. The molecule has 0 bridgehead atoms. The van der Waals surface area contributed by atoms with Crippen LogP contribution < -0.4 is 4.74 Å². The Labute approximate surface area is 161 Å². The highest BCUT2D eigenvalue weighted by Gasteiger charge is 2.05. The number of halogens is 2. The highest BCUT2D eigenvalue weighted by molar-refractivity contribution is 9.11. The highest BCUT2D eigenvalue weighted by atomic mass is 79.9. The van der Waals surface area contributed by atoms with Gasteiger partial charge in [-0.05, 0) is 68.3 Å². The molecule has 0 atom stereocenters. The number of benzene rings is 2. The van der Waals surface area contributed by atoms with Gasteiger partial charge in [0.2, 0.25) is 0 Å². The fraction of sp³-hybridized carbons (Fsp3) is 0.0526. The number of aromatic hydroxyl groups is 1. The Bertz CT molecular complexity index is 1040. The Morgan fingerprint density at radius 3 is 1.96 bits per heavy atom. The fourth-order valence-corrected chi connectivity index (χ4v) is 3.44. The predicted molar refractivity (Wildman–Crippen MR) is 107 cm³/mol. The molecule has 0 saturated heterocycles. The first kappa shape index (κ1) is 17.6. The lowest BCUT2D eigenvalue weighted by Crippen LogP contribution is -1.86. The number of methoxy groups -OCH3 is 1. The lowest BCUT2D eigenvalue weighted by Gasteiger charge is -2.04. The molecule has 0 saturated carbocycles. The van der Waals surface area contributed by atoms with Gasteiger partial charge < -0.3 is 9.84 Å². The Kier molecular flexibility index (Phi) is 5.50. The van der Waals surface area contributed by atoms with E-state index >= 15 is 0 Å². The smallest absolute Gasteiger partial charge is 0.135 e. The summed E-state index contributed by atoms with van der Waals surface area (Å²) in [7, 11) is 1.65. The maximum absolute atomic E-state index is 9.33. The van der Waals surface area contributed by atoms with Crippen molar-refractivity contribution in [1.29, 1.82) is 0 Å². The third-order valence-electron chi connectivity index (χ3n) is 3.59. The Morgan fingerprint density at radius 1 is 0.800 bits per heavy atom. The molecule has 0 radical (unpaired) electrons. The van der Waals surface area contributed by atoms with Gasteiger partial charge in [-0.2, -0.15) is 0 Å². The van der Waals surface area contributed by atoms with Gasteiger partial charge in [0, 0.05) is 23.2 Å². The number of rotatable bonds is 1. The van der Waals surface area contributed by atoms with Crippen LogP contribution >= 0.6 is 31.9 Å².